The lowest BCUT2D eigenvalue weighted by atomic mass is 10.0. The van der Waals surface area contributed by atoms with E-state index in [-0.39, 0.29) is 0 Å². The van der Waals surface area contributed by atoms with Crippen molar-refractivity contribution in [2.45, 2.75) is 0 Å². The summed E-state index contributed by atoms with van der Waals surface area (Å²) in [4.78, 5) is 19.9. The lowest BCUT2D eigenvalue weighted by Gasteiger charge is -2.09. The third-order valence-corrected chi connectivity index (χ3v) is 11.0. The van der Waals surface area contributed by atoms with E-state index in [2.05, 4.69) is 83.8 Å². The molecule has 0 saturated carbocycles. The first-order valence-electron chi connectivity index (χ1n) is 17.4. The van der Waals surface area contributed by atoms with Gasteiger partial charge in [0.25, 0.3) is 0 Å². The molecule has 0 N–H and O–H groups in total. The quantitative estimate of drug-likeness (QED) is 0.178. The number of oxazole rings is 1. The van der Waals surface area contributed by atoms with Crippen molar-refractivity contribution in [1.82, 2.24) is 19.9 Å². The Morgan fingerprint density at radius 1 is 0.377 bits per heavy atom. The van der Waals surface area contributed by atoms with Gasteiger partial charge in [-0.15, -0.1) is 11.3 Å². The molecular weight excluding hydrogens is 673 g/mol. The number of para-hydroxylation sites is 3. The number of furan rings is 1. The van der Waals surface area contributed by atoms with Crippen LogP contribution in [0.5, 0.6) is 0 Å². The highest BCUT2D eigenvalue weighted by Gasteiger charge is 2.18. The molecule has 53 heavy (non-hydrogen) atoms. The Morgan fingerprint density at radius 3 is 1.92 bits per heavy atom. The molecule has 0 saturated heterocycles. The summed E-state index contributed by atoms with van der Waals surface area (Å²) < 4.78 is 14.6. The molecule has 0 radical (unpaired) electrons. The Morgan fingerprint density at radius 2 is 1.06 bits per heavy atom. The summed E-state index contributed by atoms with van der Waals surface area (Å²) in [5, 5.41) is 4.52. The minimum Gasteiger partial charge on any atom is -0.456 e. The average Bonchev–Trinajstić information content (AvgIpc) is 3.94. The van der Waals surface area contributed by atoms with Gasteiger partial charge in [-0.2, -0.15) is 0 Å². The first-order chi connectivity index (χ1) is 26.2. The molecule has 0 fully saturated rings. The number of hydrogen-bond acceptors (Lipinski definition) is 7. The van der Waals surface area contributed by atoms with Gasteiger partial charge < -0.3 is 8.83 Å². The van der Waals surface area contributed by atoms with E-state index in [1.165, 1.54) is 15.5 Å². The second kappa shape index (κ2) is 11.8. The van der Waals surface area contributed by atoms with Gasteiger partial charge in [-0.3, -0.25) is 0 Å². The Hall–Kier alpha value is -6.96. The molecule has 4 heterocycles. The second-order valence-electron chi connectivity index (χ2n) is 13.0. The number of thiophene rings is 1. The van der Waals surface area contributed by atoms with Crippen molar-refractivity contribution in [3.8, 4) is 56.7 Å². The number of nitrogens with zero attached hydrogens (tertiary/aromatic N) is 4. The number of hydrogen-bond donors (Lipinski definition) is 0. The summed E-state index contributed by atoms with van der Waals surface area (Å²) in [6, 6.07) is 53.7. The standard InChI is InChI=1S/C46H26N4O2S/c1-2-9-28(10-3-1)43-48-44(31-21-23-33-32-11-4-6-15-38(32)51-40(33)26-31)50-45(49-43)35-13-8-12-34-36-25-30(22-24-41(36)53-42(34)35)27-17-19-29(20-18-27)46-47-37-14-5-7-16-39(37)52-46/h1-26H. The number of fused-ring (bicyclic) bond motifs is 7. The van der Waals surface area contributed by atoms with Crippen molar-refractivity contribution in [2.75, 3.05) is 0 Å². The third-order valence-electron chi connectivity index (χ3n) is 9.80. The molecule has 0 amide bonds. The molecule has 0 atom stereocenters. The zero-order valence-electron chi connectivity index (χ0n) is 28.0. The lowest BCUT2D eigenvalue weighted by Crippen LogP contribution is -2.00. The molecule has 7 aromatic carbocycles. The summed E-state index contributed by atoms with van der Waals surface area (Å²) in [6.07, 6.45) is 0. The number of rotatable bonds is 5. The Labute approximate surface area is 306 Å². The molecule has 6 nitrogen and oxygen atoms in total. The zero-order valence-corrected chi connectivity index (χ0v) is 28.8. The van der Waals surface area contributed by atoms with Gasteiger partial charge in [-0.1, -0.05) is 97.1 Å². The molecule has 0 spiro atoms. The van der Waals surface area contributed by atoms with Crippen LogP contribution < -0.4 is 0 Å². The molecule has 11 rings (SSSR count). The predicted octanol–water partition coefficient (Wildman–Crippen LogP) is 12.6. The van der Waals surface area contributed by atoms with Gasteiger partial charge in [0, 0.05) is 53.2 Å². The second-order valence-corrected chi connectivity index (χ2v) is 14.1. The van der Waals surface area contributed by atoms with Gasteiger partial charge >= 0.3 is 0 Å². The van der Waals surface area contributed by atoms with Crippen LogP contribution >= 0.6 is 11.3 Å². The first kappa shape index (κ1) is 29.7. The van der Waals surface area contributed by atoms with Gasteiger partial charge in [-0.25, -0.2) is 19.9 Å². The fraction of sp³-hybridized carbons (Fsp3) is 0. The van der Waals surface area contributed by atoms with E-state index in [9.17, 15) is 0 Å². The van der Waals surface area contributed by atoms with Crippen LogP contribution in [0, 0.1) is 0 Å². The predicted molar refractivity (Wildman–Crippen MR) is 215 cm³/mol. The maximum atomic E-state index is 6.24. The molecule has 0 aliphatic rings. The molecule has 0 unspecified atom stereocenters. The maximum Gasteiger partial charge on any atom is 0.227 e. The summed E-state index contributed by atoms with van der Waals surface area (Å²) in [5.41, 5.74) is 9.28. The molecule has 11 aromatic rings. The molecule has 7 heteroatoms. The smallest absolute Gasteiger partial charge is 0.227 e. The van der Waals surface area contributed by atoms with Crippen LogP contribution in [0.25, 0.3) is 110 Å². The van der Waals surface area contributed by atoms with E-state index in [1.54, 1.807) is 11.3 Å². The summed E-state index contributed by atoms with van der Waals surface area (Å²) >= 11 is 1.76. The fourth-order valence-corrected chi connectivity index (χ4v) is 8.35. The molecule has 248 valence electrons. The van der Waals surface area contributed by atoms with Crippen molar-refractivity contribution < 1.29 is 8.83 Å². The van der Waals surface area contributed by atoms with Crippen molar-refractivity contribution in [1.29, 1.82) is 0 Å². The van der Waals surface area contributed by atoms with E-state index in [4.69, 9.17) is 23.8 Å². The highest BCUT2D eigenvalue weighted by molar-refractivity contribution is 7.26. The Bertz CT molecular complexity index is 3150. The van der Waals surface area contributed by atoms with E-state index in [0.29, 0.717) is 23.4 Å². The van der Waals surface area contributed by atoms with Gasteiger partial charge in [0.2, 0.25) is 5.89 Å². The van der Waals surface area contributed by atoms with Gasteiger partial charge in [0.05, 0.1) is 0 Å². The zero-order chi connectivity index (χ0) is 34.9. The molecule has 0 aliphatic carbocycles. The van der Waals surface area contributed by atoms with E-state index < -0.39 is 0 Å². The van der Waals surface area contributed by atoms with Crippen molar-refractivity contribution in [2.24, 2.45) is 0 Å². The minimum atomic E-state index is 0.595. The lowest BCUT2D eigenvalue weighted by molar-refractivity contribution is 0.620. The van der Waals surface area contributed by atoms with Crippen LogP contribution in [-0.2, 0) is 0 Å². The van der Waals surface area contributed by atoms with Crippen LogP contribution in [0.3, 0.4) is 0 Å². The SMILES string of the molecule is c1ccc(-c2nc(-c3ccc4c(c3)oc3ccccc34)nc(-c3cccc4c3sc3ccc(-c5ccc(-c6nc7ccccc7o6)cc5)cc34)n2)cc1. The summed E-state index contributed by atoms with van der Waals surface area (Å²) in [5.74, 6) is 2.47. The highest BCUT2D eigenvalue weighted by atomic mass is 32.1. The van der Waals surface area contributed by atoms with Crippen LogP contribution in [-0.4, -0.2) is 19.9 Å². The monoisotopic (exact) mass is 698 g/mol. The maximum absolute atomic E-state index is 6.24. The number of benzene rings is 7. The molecular formula is C46H26N4O2S. The average molecular weight is 699 g/mol. The van der Waals surface area contributed by atoms with Crippen molar-refractivity contribution >= 4 is 64.5 Å². The fourth-order valence-electron chi connectivity index (χ4n) is 7.16. The van der Waals surface area contributed by atoms with Crippen LogP contribution in [0.4, 0.5) is 0 Å². The van der Waals surface area contributed by atoms with Gasteiger partial charge in [0.15, 0.2) is 23.1 Å². The van der Waals surface area contributed by atoms with Gasteiger partial charge in [-0.05, 0) is 71.8 Å². The van der Waals surface area contributed by atoms with Crippen molar-refractivity contribution in [3.05, 3.63) is 158 Å². The minimum absolute atomic E-state index is 0.595. The highest BCUT2D eigenvalue weighted by Crippen LogP contribution is 2.42. The molecule has 4 aromatic heterocycles. The normalized spacial score (nSPS) is 11.8. The Balaban J connectivity index is 1.01. The van der Waals surface area contributed by atoms with Crippen LogP contribution in [0.2, 0.25) is 0 Å². The van der Waals surface area contributed by atoms with E-state index >= 15 is 0 Å². The van der Waals surface area contributed by atoms with Crippen LogP contribution in [0.1, 0.15) is 0 Å². The number of aromatic nitrogens is 4. The van der Waals surface area contributed by atoms with Gasteiger partial charge in [0.1, 0.15) is 16.7 Å². The molecule has 0 aliphatic heterocycles. The Kier molecular flexibility index (Phi) is 6.62. The van der Waals surface area contributed by atoms with E-state index in [1.807, 2.05) is 78.9 Å². The summed E-state index contributed by atoms with van der Waals surface area (Å²) in [7, 11) is 0. The third kappa shape index (κ3) is 5.01. The van der Waals surface area contributed by atoms with Crippen LogP contribution in [0.15, 0.2) is 167 Å². The first-order valence-corrected chi connectivity index (χ1v) is 18.2. The summed E-state index contributed by atoms with van der Waals surface area (Å²) in [6.45, 7) is 0. The van der Waals surface area contributed by atoms with Crippen molar-refractivity contribution in [3.63, 3.8) is 0 Å². The largest absolute Gasteiger partial charge is 0.456 e. The molecule has 0 bridgehead atoms. The van der Waals surface area contributed by atoms with E-state index in [0.717, 1.165) is 71.1 Å². The topological polar surface area (TPSA) is 77.8 Å².